The standard InChI is InChI=1S/C32H36N2O4/c1-37-32-14-13-30(18-24(32)33-26(36)12-9-20-5-3-2-4-6-20)25-17-22-10-11-23(35)28-27(22)31(30,29(32)38-28)15-16-34(25)19-21-7-8-21/h2-6,9-12,21,24-25,29,35H,7-8,13-19H2,1H3,(H,33,36). The Balaban J connectivity index is 1.22. The molecule has 1 saturated heterocycles. The van der Waals surface area contributed by atoms with Gasteiger partial charge in [0.15, 0.2) is 11.5 Å². The van der Waals surface area contributed by atoms with Crippen LogP contribution in [0.15, 0.2) is 48.5 Å². The van der Waals surface area contributed by atoms with Gasteiger partial charge in [0, 0.05) is 42.2 Å². The molecule has 2 heterocycles. The van der Waals surface area contributed by atoms with E-state index in [2.05, 4.69) is 16.3 Å². The number of ether oxygens (including phenoxy) is 2. The summed E-state index contributed by atoms with van der Waals surface area (Å²) in [5, 5.41) is 14.4. The molecule has 2 spiro atoms. The molecule has 1 amide bonds. The number of phenols is 1. The van der Waals surface area contributed by atoms with Gasteiger partial charge in [0.25, 0.3) is 0 Å². The van der Waals surface area contributed by atoms with Crippen molar-refractivity contribution in [2.75, 3.05) is 20.2 Å². The monoisotopic (exact) mass is 512 g/mol. The van der Waals surface area contributed by atoms with Crippen LogP contribution in [0, 0.1) is 11.3 Å². The van der Waals surface area contributed by atoms with Gasteiger partial charge in [-0.1, -0.05) is 36.4 Å². The Morgan fingerprint density at radius 3 is 2.82 bits per heavy atom. The molecule has 6 atom stereocenters. The normalized spacial score (nSPS) is 38.2. The molecule has 2 aromatic carbocycles. The van der Waals surface area contributed by atoms with E-state index in [9.17, 15) is 9.90 Å². The van der Waals surface area contributed by atoms with E-state index in [0.29, 0.717) is 11.8 Å². The Kier molecular flexibility index (Phi) is 4.77. The van der Waals surface area contributed by atoms with Crippen LogP contribution >= 0.6 is 0 Å². The quantitative estimate of drug-likeness (QED) is 0.568. The maximum Gasteiger partial charge on any atom is 0.244 e. The van der Waals surface area contributed by atoms with Gasteiger partial charge >= 0.3 is 0 Å². The number of rotatable bonds is 6. The van der Waals surface area contributed by atoms with E-state index >= 15 is 0 Å². The Morgan fingerprint density at radius 1 is 1.18 bits per heavy atom. The molecule has 38 heavy (non-hydrogen) atoms. The molecular weight excluding hydrogens is 476 g/mol. The van der Waals surface area contributed by atoms with Crippen LogP contribution in [0.4, 0.5) is 0 Å². The van der Waals surface area contributed by atoms with E-state index in [1.807, 2.05) is 42.5 Å². The number of carbonyl (C=O) groups is 1. The predicted molar refractivity (Wildman–Crippen MR) is 144 cm³/mol. The fourth-order valence-electron chi connectivity index (χ4n) is 9.51. The molecule has 2 aliphatic heterocycles. The van der Waals surface area contributed by atoms with Crippen molar-refractivity contribution in [1.29, 1.82) is 0 Å². The number of carbonyl (C=O) groups excluding carboxylic acids is 1. The number of benzene rings is 2. The Hall–Kier alpha value is -2.83. The van der Waals surface area contributed by atoms with Crippen molar-refractivity contribution in [1.82, 2.24) is 10.2 Å². The van der Waals surface area contributed by atoms with Crippen LogP contribution in [0.25, 0.3) is 6.08 Å². The first kappa shape index (κ1) is 23.1. The summed E-state index contributed by atoms with van der Waals surface area (Å²) in [6.07, 6.45) is 10.8. The van der Waals surface area contributed by atoms with Crippen molar-refractivity contribution in [2.45, 2.75) is 74.1 Å². The number of fused-ring (bicyclic) bond motifs is 2. The molecule has 4 bridgehead atoms. The highest BCUT2D eigenvalue weighted by molar-refractivity contribution is 5.92. The van der Waals surface area contributed by atoms with Gasteiger partial charge in [-0.05, 0) is 80.7 Å². The topological polar surface area (TPSA) is 71.0 Å². The third-order valence-corrected chi connectivity index (χ3v) is 11.2. The molecule has 0 radical (unpaired) electrons. The van der Waals surface area contributed by atoms with Crippen molar-refractivity contribution in [3.05, 3.63) is 65.2 Å². The number of methoxy groups -OCH3 is 1. The van der Waals surface area contributed by atoms with E-state index in [1.165, 1.54) is 30.5 Å². The Morgan fingerprint density at radius 2 is 2.03 bits per heavy atom. The summed E-state index contributed by atoms with van der Waals surface area (Å²) in [5.41, 5.74) is 2.75. The van der Waals surface area contributed by atoms with Gasteiger partial charge in [-0.15, -0.1) is 0 Å². The predicted octanol–water partition coefficient (Wildman–Crippen LogP) is 4.20. The number of amides is 1. The first-order valence-corrected chi connectivity index (χ1v) is 14.4. The zero-order valence-corrected chi connectivity index (χ0v) is 22.0. The maximum absolute atomic E-state index is 13.3. The largest absolute Gasteiger partial charge is 0.504 e. The molecule has 5 aliphatic carbocycles. The number of hydrogen-bond acceptors (Lipinski definition) is 5. The molecule has 5 fully saturated rings. The smallest absolute Gasteiger partial charge is 0.244 e. The first-order valence-electron chi connectivity index (χ1n) is 14.4. The molecule has 2 N–H and O–H groups in total. The summed E-state index contributed by atoms with van der Waals surface area (Å²) in [5.74, 6) is 1.64. The number of hydrogen-bond donors (Lipinski definition) is 2. The van der Waals surface area contributed by atoms with Crippen molar-refractivity contribution in [2.24, 2.45) is 11.3 Å². The van der Waals surface area contributed by atoms with Gasteiger partial charge in [-0.3, -0.25) is 9.69 Å². The number of phenolic OH excluding ortho intramolecular Hbond substituents is 1. The van der Waals surface area contributed by atoms with Crippen molar-refractivity contribution < 1.29 is 19.4 Å². The highest BCUT2D eigenvalue weighted by atomic mass is 16.6. The Labute approximate surface area is 224 Å². The van der Waals surface area contributed by atoms with E-state index in [-0.39, 0.29) is 34.6 Å². The third kappa shape index (κ3) is 2.83. The zero-order chi connectivity index (χ0) is 25.7. The minimum Gasteiger partial charge on any atom is -0.504 e. The molecule has 0 aromatic heterocycles. The molecule has 7 aliphatic rings. The summed E-state index contributed by atoms with van der Waals surface area (Å²) in [6, 6.07) is 14.1. The minimum absolute atomic E-state index is 0.0157. The fraction of sp³-hybridized carbons (Fsp3) is 0.531. The van der Waals surface area contributed by atoms with Gasteiger partial charge in [0.2, 0.25) is 5.91 Å². The number of aromatic hydroxyl groups is 1. The summed E-state index contributed by atoms with van der Waals surface area (Å²) in [4.78, 5) is 16.1. The molecule has 9 rings (SSSR count). The van der Waals surface area contributed by atoms with Crippen LogP contribution in [0.2, 0.25) is 0 Å². The van der Waals surface area contributed by atoms with Crippen LogP contribution in [0.1, 0.15) is 55.2 Å². The van der Waals surface area contributed by atoms with Crippen LogP contribution in [-0.4, -0.2) is 59.9 Å². The molecule has 198 valence electrons. The lowest BCUT2D eigenvalue weighted by Crippen LogP contribution is -2.83. The number of piperidine rings is 1. The lowest BCUT2D eigenvalue weighted by Gasteiger charge is -2.73. The average molecular weight is 513 g/mol. The average Bonchev–Trinajstić information content (AvgIpc) is 3.68. The van der Waals surface area contributed by atoms with Gasteiger partial charge in [-0.25, -0.2) is 0 Å². The van der Waals surface area contributed by atoms with Crippen molar-refractivity contribution in [3.63, 3.8) is 0 Å². The van der Waals surface area contributed by atoms with Gasteiger partial charge in [0.05, 0.1) is 6.04 Å². The highest BCUT2D eigenvalue weighted by Crippen LogP contribution is 2.75. The van der Waals surface area contributed by atoms with Crippen LogP contribution < -0.4 is 10.1 Å². The van der Waals surface area contributed by atoms with Crippen molar-refractivity contribution >= 4 is 12.0 Å². The molecule has 2 aromatic rings. The lowest BCUT2D eigenvalue weighted by molar-refractivity contribution is -0.263. The number of likely N-dealkylation sites (tertiary alicyclic amines) is 1. The lowest BCUT2D eigenvalue weighted by atomic mass is 9.35. The van der Waals surface area contributed by atoms with Crippen molar-refractivity contribution in [3.8, 4) is 11.5 Å². The van der Waals surface area contributed by atoms with Crippen LogP contribution in [-0.2, 0) is 21.4 Å². The second-order valence-corrected chi connectivity index (χ2v) is 12.6. The minimum atomic E-state index is -0.638. The van der Waals surface area contributed by atoms with E-state index < -0.39 is 5.60 Å². The summed E-state index contributed by atoms with van der Waals surface area (Å²) < 4.78 is 13.3. The van der Waals surface area contributed by atoms with E-state index in [1.54, 1.807) is 13.2 Å². The van der Waals surface area contributed by atoms with Crippen LogP contribution in [0.3, 0.4) is 0 Å². The zero-order valence-electron chi connectivity index (χ0n) is 22.0. The van der Waals surface area contributed by atoms with E-state index in [0.717, 1.165) is 50.1 Å². The molecule has 6 heteroatoms. The SMILES string of the molecule is COC12CCC3(CC1NC(=O)C=Cc1ccccc1)C1Cc4ccc(O)c5c4C3(CCN1CC1CC1)C2O5. The van der Waals surface area contributed by atoms with E-state index in [4.69, 9.17) is 9.47 Å². The molecule has 6 unspecified atom stereocenters. The second-order valence-electron chi connectivity index (χ2n) is 12.6. The first-order chi connectivity index (χ1) is 18.5. The number of nitrogens with one attached hydrogen (secondary N) is 1. The fourth-order valence-corrected chi connectivity index (χ4v) is 9.51. The highest BCUT2D eigenvalue weighted by Gasteiger charge is 2.80. The van der Waals surface area contributed by atoms with Gasteiger partial charge < -0.3 is 19.9 Å². The number of nitrogens with zero attached hydrogens (tertiary/aromatic N) is 1. The third-order valence-electron chi connectivity index (χ3n) is 11.2. The van der Waals surface area contributed by atoms with Gasteiger partial charge in [0.1, 0.15) is 11.7 Å². The van der Waals surface area contributed by atoms with Gasteiger partial charge in [-0.2, -0.15) is 0 Å². The summed E-state index contributed by atoms with van der Waals surface area (Å²) in [6.45, 7) is 2.24. The second kappa shape index (κ2) is 7.86. The Bertz CT molecular complexity index is 1340. The molecule has 4 saturated carbocycles. The van der Waals surface area contributed by atoms with Crippen LogP contribution in [0.5, 0.6) is 11.5 Å². The molecule has 6 nitrogen and oxygen atoms in total. The molecular formula is C32H36N2O4. The maximum atomic E-state index is 13.3. The summed E-state index contributed by atoms with van der Waals surface area (Å²) >= 11 is 0. The summed E-state index contributed by atoms with van der Waals surface area (Å²) in [7, 11) is 1.78.